The highest BCUT2D eigenvalue weighted by Crippen LogP contribution is 2.26. The van der Waals surface area contributed by atoms with Crippen molar-refractivity contribution in [2.24, 2.45) is 5.41 Å². The minimum absolute atomic E-state index is 0.00780. The average Bonchev–Trinajstić information content (AvgIpc) is 2.91. The molecule has 0 bridgehead atoms. The van der Waals surface area contributed by atoms with E-state index in [2.05, 4.69) is 10.6 Å². The van der Waals surface area contributed by atoms with Gasteiger partial charge in [0.2, 0.25) is 11.8 Å². The van der Waals surface area contributed by atoms with E-state index < -0.39 is 11.5 Å². The van der Waals surface area contributed by atoms with Crippen molar-refractivity contribution in [2.75, 3.05) is 13.6 Å². The molecule has 0 aliphatic carbocycles. The SMILES string of the molecule is CN[C@@H](C)C(=O)N[C@H](C(=O)N1CCC[C@H]1C(C)=O)C(C)(C)C. The Bertz CT molecular complexity index is 442. The van der Waals surface area contributed by atoms with Gasteiger partial charge in [-0.2, -0.15) is 0 Å². The van der Waals surface area contributed by atoms with Crippen LogP contribution < -0.4 is 10.6 Å². The van der Waals surface area contributed by atoms with Crippen molar-refractivity contribution in [2.45, 2.75) is 65.6 Å². The monoisotopic (exact) mass is 311 g/mol. The highest BCUT2D eigenvalue weighted by molar-refractivity contribution is 5.93. The second-order valence-electron chi connectivity index (χ2n) is 7.12. The van der Waals surface area contributed by atoms with E-state index in [1.165, 1.54) is 6.92 Å². The van der Waals surface area contributed by atoms with Gasteiger partial charge in [-0.3, -0.25) is 14.4 Å². The summed E-state index contributed by atoms with van der Waals surface area (Å²) in [5.74, 6) is -0.371. The van der Waals surface area contributed by atoms with Crippen molar-refractivity contribution in [1.29, 1.82) is 0 Å². The number of likely N-dealkylation sites (N-methyl/N-ethyl adjacent to an activating group) is 1. The minimum atomic E-state index is -0.643. The maximum atomic E-state index is 12.9. The van der Waals surface area contributed by atoms with Crippen molar-refractivity contribution in [3.05, 3.63) is 0 Å². The lowest BCUT2D eigenvalue weighted by Crippen LogP contribution is -2.58. The Morgan fingerprint density at radius 1 is 1.23 bits per heavy atom. The third-order valence-electron chi connectivity index (χ3n) is 4.23. The molecule has 126 valence electrons. The van der Waals surface area contributed by atoms with Crippen LogP contribution in [0.1, 0.15) is 47.5 Å². The van der Waals surface area contributed by atoms with Crippen LogP contribution in [0.15, 0.2) is 0 Å². The van der Waals surface area contributed by atoms with Crippen molar-refractivity contribution >= 4 is 17.6 Å². The standard InChI is InChI=1S/C16H29N3O3/c1-10(17-6)14(21)18-13(16(3,4)5)15(22)19-9-7-8-12(19)11(2)20/h10,12-13,17H,7-9H2,1-6H3,(H,18,21)/t10-,12-,13+/m0/s1. The van der Waals surface area contributed by atoms with Crippen LogP contribution in [0.3, 0.4) is 0 Å². The lowest BCUT2D eigenvalue weighted by Gasteiger charge is -2.35. The summed E-state index contributed by atoms with van der Waals surface area (Å²) in [6.45, 7) is 9.58. The van der Waals surface area contributed by atoms with Crippen molar-refractivity contribution in [3.8, 4) is 0 Å². The highest BCUT2D eigenvalue weighted by atomic mass is 16.2. The molecule has 1 aliphatic heterocycles. The van der Waals surface area contributed by atoms with Gasteiger partial charge in [0.05, 0.1) is 12.1 Å². The number of hydrogen-bond donors (Lipinski definition) is 2. The van der Waals surface area contributed by atoms with Crippen LogP contribution in [0.5, 0.6) is 0 Å². The maximum absolute atomic E-state index is 12.9. The summed E-state index contributed by atoms with van der Waals surface area (Å²) in [5, 5.41) is 5.71. The van der Waals surface area contributed by atoms with Crippen molar-refractivity contribution < 1.29 is 14.4 Å². The van der Waals surface area contributed by atoms with Crippen LogP contribution >= 0.6 is 0 Å². The second kappa shape index (κ2) is 7.22. The Morgan fingerprint density at radius 3 is 2.27 bits per heavy atom. The van der Waals surface area contributed by atoms with Crippen LogP contribution in [0, 0.1) is 5.41 Å². The third-order valence-corrected chi connectivity index (χ3v) is 4.23. The van der Waals surface area contributed by atoms with Crippen LogP contribution in [0.25, 0.3) is 0 Å². The van der Waals surface area contributed by atoms with E-state index >= 15 is 0 Å². The fourth-order valence-corrected chi connectivity index (χ4v) is 2.67. The van der Waals surface area contributed by atoms with E-state index in [4.69, 9.17) is 0 Å². The second-order valence-corrected chi connectivity index (χ2v) is 7.12. The number of carbonyl (C=O) groups is 3. The van der Waals surface area contributed by atoms with Gasteiger partial charge >= 0.3 is 0 Å². The Morgan fingerprint density at radius 2 is 1.82 bits per heavy atom. The van der Waals surface area contributed by atoms with E-state index in [1.54, 1.807) is 18.9 Å². The topological polar surface area (TPSA) is 78.5 Å². The molecular formula is C16H29N3O3. The quantitative estimate of drug-likeness (QED) is 0.783. The zero-order valence-electron chi connectivity index (χ0n) is 14.5. The summed E-state index contributed by atoms with van der Waals surface area (Å²) in [4.78, 5) is 38.4. The van der Waals surface area contributed by atoms with Crippen LogP contribution in [0.4, 0.5) is 0 Å². The highest BCUT2D eigenvalue weighted by Gasteiger charge is 2.41. The van der Waals surface area contributed by atoms with E-state index in [9.17, 15) is 14.4 Å². The molecule has 2 amide bonds. The minimum Gasteiger partial charge on any atom is -0.342 e. The molecule has 0 aromatic rings. The van der Waals surface area contributed by atoms with Gasteiger partial charge in [0, 0.05) is 6.54 Å². The molecule has 0 aromatic carbocycles. The molecule has 6 heteroatoms. The van der Waals surface area contributed by atoms with E-state index in [0.29, 0.717) is 13.0 Å². The molecule has 1 fully saturated rings. The molecule has 0 saturated carbocycles. The number of carbonyl (C=O) groups excluding carboxylic acids is 3. The molecule has 22 heavy (non-hydrogen) atoms. The van der Waals surface area contributed by atoms with Crippen molar-refractivity contribution in [1.82, 2.24) is 15.5 Å². The Balaban J connectivity index is 2.95. The molecule has 0 radical (unpaired) electrons. The normalized spacial score (nSPS) is 21.4. The number of nitrogens with zero attached hydrogens (tertiary/aromatic N) is 1. The third kappa shape index (κ3) is 4.29. The summed E-state index contributed by atoms with van der Waals surface area (Å²) in [7, 11) is 1.70. The van der Waals surface area contributed by atoms with Crippen LogP contribution in [0.2, 0.25) is 0 Å². The summed E-state index contributed by atoms with van der Waals surface area (Å²) >= 11 is 0. The molecule has 1 heterocycles. The number of hydrogen-bond acceptors (Lipinski definition) is 4. The molecule has 3 atom stereocenters. The molecule has 0 aromatic heterocycles. The van der Waals surface area contributed by atoms with E-state index in [-0.39, 0.29) is 29.7 Å². The fraction of sp³-hybridized carbons (Fsp3) is 0.812. The number of rotatable bonds is 5. The van der Waals surface area contributed by atoms with Gasteiger partial charge < -0.3 is 15.5 Å². The number of ketones is 1. The van der Waals surface area contributed by atoms with Gasteiger partial charge in [-0.25, -0.2) is 0 Å². The van der Waals surface area contributed by atoms with Gasteiger partial charge in [0.15, 0.2) is 5.78 Å². The summed E-state index contributed by atoms with van der Waals surface area (Å²) in [6, 6.07) is -1.37. The van der Waals surface area contributed by atoms with Gasteiger partial charge in [-0.15, -0.1) is 0 Å². The molecule has 1 saturated heterocycles. The molecule has 0 unspecified atom stereocenters. The zero-order valence-corrected chi connectivity index (χ0v) is 14.5. The summed E-state index contributed by atoms with van der Waals surface area (Å²) < 4.78 is 0. The lowest BCUT2D eigenvalue weighted by molar-refractivity contribution is -0.143. The molecule has 2 N–H and O–H groups in total. The first-order valence-electron chi connectivity index (χ1n) is 7.88. The van der Waals surface area contributed by atoms with E-state index in [1.807, 2.05) is 20.8 Å². The molecule has 1 aliphatic rings. The van der Waals surface area contributed by atoms with E-state index in [0.717, 1.165) is 6.42 Å². The molecule has 6 nitrogen and oxygen atoms in total. The lowest BCUT2D eigenvalue weighted by atomic mass is 9.85. The fourth-order valence-electron chi connectivity index (χ4n) is 2.67. The Labute approximate surface area is 133 Å². The maximum Gasteiger partial charge on any atom is 0.246 e. The largest absolute Gasteiger partial charge is 0.342 e. The average molecular weight is 311 g/mol. The first-order valence-corrected chi connectivity index (χ1v) is 7.88. The molecule has 1 rings (SSSR count). The summed E-state index contributed by atoms with van der Waals surface area (Å²) in [6.07, 6.45) is 1.53. The zero-order chi connectivity index (χ0) is 17.1. The number of Topliss-reactive ketones (excluding diaryl/α,β-unsaturated/α-hetero) is 1. The molecular weight excluding hydrogens is 282 g/mol. The predicted octanol–water partition coefficient (Wildman–Crippen LogP) is 0.705. The van der Waals surface area contributed by atoms with Crippen LogP contribution in [-0.4, -0.2) is 54.2 Å². The predicted molar refractivity (Wildman–Crippen MR) is 85.3 cm³/mol. The number of amides is 2. The smallest absolute Gasteiger partial charge is 0.246 e. The van der Waals surface area contributed by atoms with Gasteiger partial charge in [-0.1, -0.05) is 20.8 Å². The first kappa shape index (κ1) is 18.6. The van der Waals surface area contributed by atoms with Gasteiger partial charge in [-0.05, 0) is 39.2 Å². The molecule has 0 spiro atoms. The van der Waals surface area contributed by atoms with Gasteiger partial charge in [0.1, 0.15) is 6.04 Å². The summed E-state index contributed by atoms with van der Waals surface area (Å²) in [5.41, 5.74) is -0.426. The Kier molecular flexibility index (Phi) is 6.11. The number of likely N-dealkylation sites (tertiary alicyclic amines) is 1. The first-order chi connectivity index (χ1) is 10.1. The number of nitrogens with one attached hydrogen (secondary N) is 2. The van der Waals surface area contributed by atoms with Gasteiger partial charge in [0.25, 0.3) is 0 Å². The van der Waals surface area contributed by atoms with Crippen molar-refractivity contribution in [3.63, 3.8) is 0 Å². The van der Waals surface area contributed by atoms with Crippen LogP contribution in [-0.2, 0) is 14.4 Å². The Hall–Kier alpha value is -1.43.